The maximum absolute atomic E-state index is 5.19. The molecule has 0 unspecified atom stereocenters. The zero-order chi connectivity index (χ0) is 26.5. The zero-order valence-corrected chi connectivity index (χ0v) is 21.7. The lowest BCUT2D eigenvalue weighted by atomic mass is 10.1. The fraction of sp³-hybridized carbons (Fsp3) is 0.0625. The van der Waals surface area contributed by atoms with Gasteiger partial charge >= 0.3 is 0 Å². The summed E-state index contributed by atoms with van der Waals surface area (Å²) < 4.78 is 4.30. The number of hydrogen-bond donors (Lipinski definition) is 0. The lowest BCUT2D eigenvalue weighted by molar-refractivity contribution is -0.664. The van der Waals surface area contributed by atoms with E-state index in [1.54, 1.807) is 12.4 Å². The standard InChI is InChI=1S/C32H20N8/c1-39-13-5-9-19-29-30(20-10-6-14-40(2)32(20)31(19)39)38-24-16-22-21(15-23(24)37-29)35-27-17-7-3-11-33-25(17)26-18(28(27)36-22)8-4-12-34-26/h3-16H,1-2H3/q+2. The number of benzene rings is 3. The molecule has 0 saturated heterocycles. The average molecular weight is 517 g/mol. The summed E-state index contributed by atoms with van der Waals surface area (Å²) >= 11 is 0. The Kier molecular flexibility index (Phi) is 4.04. The summed E-state index contributed by atoms with van der Waals surface area (Å²) in [6.07, 6.45) is 7.72. The fourth-order valence-corrected chi connectivity index (χ4v) is 6.12. The molecule has 0 amide bonds. The van der Waals surface area contributed by atoms with Crippen LogP contribution in [0.5, 0.6) is 0 Å². The van der Waals surface area contributed by atoms with Crippen molar-refractivity contribution in [2.75, 3.05) is 0 Å². The van der Waals surface area contributed by atoms with E-state index in [0.717, 1.165) is 87.7 Å². The van der Waals surface area contributed by atoms with Crippen molar-refractivity contribution in [1.29, 1.82) is 0 Å². The first-order valence-corrected chi connectivity index (χ1v) is 13.1. The van der Waals surface area contributed by atoms with Crippen molar-refractivity contribution in [2.45, 2.75) is 0 Å². The molecule has 0 bridgehead atoms. The topological polar surface area (TPSA) is 85.1 Å². The van der Waals surface area contributed by atoms with Crippen LogP contribution < -0.4 is 9.13 Å². The molecule has 0 spiro atoms. The average Bonchev–Trinajstić information content (AvgIpc) is 2.99. The van der Waals surface area contributed by atoms with Gasteiger partial charge in [0.15, 0.2) is 12.4 Å². The normalized spacial score (nSPS) is 12.2. The number of aromatic nitrogens is 8. The van der Waals surface area contributed by atoms with Gasteiger partial charge in [0.1, 0.15) is 25.1 Å². The van der Waals surface area contributed by atoms with Crippen LogP contribution in [-0.4, -0.2) is 29.9 Å². The molecule has 9 aromatic rings. The molecular weight excluding hydrogens is 496 g/mol. The minimum absolute atomic E-state index is 0.768. The molecule has 0 atom stereocenters. The molecular formula is C32H20N8+2. The van der Waals surface area contributed by atoms with Crippen LogP contribution >= 0.6 is 0 Å². The molecule has 0 fully saturated rings. The Morgan fingerprint density at radius 1 is 0.450 bits per heavy atom. The first-order valence-electron chi connectivity index (χ1n) is 13.1. The second-order valence-electron chi connectivity index (χ2n) is 10.2. The number of hydrogen-bond acceptors (Lipinski definition) is 6. The molecule has 6 aromatic heterocycles. The third-order valence-corrected chi connectivity index (χ3v) is 7.89. The maximum atomic E-state index is 5.19. The quantitative estimate of drug-likeness (QED) is 0.161. The van der Waals surface area contributed by atoms with E-state index in [9.17, 15) is 0 Å². The summed E-state index contributed by atoms with van der Waals surface area (Å²) in [7, 11) is 4.14. The van der Waals surface area contributed by atoms with Gasteiger partial charge in [-0.25, -0.2) is 19.9 Å². The Balaban J connectivity index is 1.46. The van der Waals surface area contributed by atoms with Crippen LogP contribution in [0.1, 0.15) is 0 Å². The van der Waals surface area contributed by atoms with Gasteiger partial charge in [-0.2, -0.15) is 9.13 Å². The predicted octanol–water partition coefficient (Wildman–Crippen LogP) is 4.93. The molecule has 0 saturated carbocycles. The molecule has 0 aliphatic carbocycles. The number of rotatable bonds is 0. The molecule has 8 nitrogen and oxygen atoms in total. The molecule has 0 N–H and O–H groups in total. The first-order chi connectivity index (χ1) is 19.7. The number of nitrogens with zero attached hydrogens (tertiary/aromatic N) is 8. The van der Waals surface area contributed by atoms with Crippen LogP contribution in [0.2, 0.25) is 0 Å². The summed E-state index contributed by atoms with van der Waals surface area (Å²) in [5.41, 5.74) is 10.3. The van der Waals surface area contributed by atoms with Gasteiger partial charge in [-0.1, -0.05) is 0 Å². The molecule has 9 rings (SSSR count). The second kappa shape index (κ2) is 7.54. The number of aryl methyl sites for hydroxylation is 2. The minimum Gasteiger partial charge on any atom is -0.254 e. The van der Waals surface area contributed by atoms with Crippen LogP contribution in [0.3, 0.4) is 0 Å². The van der Waals surface area contributed by atoms with Crippen LogP contribution in [0, 0.1) is 0 Å². The van der Waals surface area contributed by atoms with Gasteiger partial charge in [0.25, 0.3) is 11.0 Å². The van der Waals surface area contributed by atoms with Crippen LogP contribution in [-0.2, 0) is 14.1 Å². The third-order valence-electron chi connectivity index (χ3n) is 7.89. The molecule has 0 aliphatic rings. The van der Waals surface area contributed by atoms with Crippen LogP contribution in [0.4, 0.5) is 0 Å². The molecule has 8 heteroatoms. The van der Waals surface area contributed by atoms with E-state index in [1.807, 2.05) is 36.4 Å². The lowest BCUT2D eigenvalue weighted by Gasteiger charge is -2.10. The Hall–Kier alpha value is -5.50. The summed E-state index contributed by atoms with van der Waals surface area (Å²) in [6, 6.07) is 20.3. The summed E-state index contributed by atoms with van der Waals surface area (Å²) in [5.74, 6) is 0. The summed E-state index contributed by atoms with van der Waals surface area (Å²) in [5, 5.41) is 3.98. The van der Waals surface area contributed by atoms with E-state index < -0.39 is 0 Å². The lowest BCUT2D eigenvalue weighted by Crippen LogP contribution is -2.35. The van der Waals surface area contributed by atoms with Crippen molar-refractivity contribution >= 4 is 87.7 Å². The van der Waals surface area contributed by atoms with Crippen LogP contribution in [0.15, 0.2) is 85.5 Å². The second-order valence-corrected chi connectivity index (χ2v) is 10.2. The van der Waals surface area contributed by atoms with Gasteiger partial charge in [0.05, 0.1) is 54.9 Å². The van der Waals surface area contributed by atoms with Gasteiger partial charge in [-0.05, 0) is 48.5 Å². The highest BCUT2D eigenvalue weighted by molar-refractivity contribution is 6.22. The molecule has 0 aliphatic heterocycles. The number of fused-ring (bicyclic) bond motifs is 14. The van der Waals surface area contributed by atoms with Crippen molar-refractivity contribution in [3.8, 4) is 0 Å². The minimum atomic E-state index is 0.768. The van der Waals surface area contributed by atoms with E-state index in [1.165, 1.54) is 0 Å². The van der Waals surface area contributed by atoms with Gasteiger partial charge in [0, 0.05) is 35.3 Å². The highest BCUT2D eigenvalue weighted by atomic mass is 15.0. The SMILES string of the molecule is C[n+]1cccc2c3nc4cc5nc6c7cccnc7c7ncccc7c6nc5cc4nc3c3ccc[n+](C)c3c21. The smallest absolute Gasteiger partial charge is 0.254 e. The van der Waals surface area contributed by atoms with E-state index in [-0.39, 0.29) is 0 Å². The number of pyridine rings is 4. The highest BCUT2D eigenvalue weighted by Crippen LogP contribution is 2.34. The van der Waals surface area contributed by atoms with E-state index in [0.29, 0.717) is 0 Å². The van der Waals surface area contributed by atoms with Crippen molar-refractivity contribution in [1.82, 2.24) is 29.9 Å². The van der Waals surface area contributed by atoms with Crippen LogP contribution in [0.25, 0.3) is 87.7 Å². The van der Waals surface area contributed by atoms with Crippen molar-refractivity contribution in [3.05, 3.63) is 85.5 Å². The molecule has 186 valence electrons. The summed E-state index contributed by atoms with van der Waals surface area (Å²) in [4.78, 5) is 29.9. The van der Waals surface area contributed by atoms with Crippen molar-refractivity contribution in [3.63, 3.8) is 0 Å². The highest BCUT2D eigenvalue weighted by Gasteiger charge is 2.24. The van der Waals surface area contributed by atoms with Gasteiger partial charge < -0.3 is 0 Å². The van der Waals surface area contributed by atoms with E-state index in [4.69, 9.17) is 19.9 Å². The van der Waals surface area contributed by atoms with Gasteiger partial charge in [-0.3, -0.25) is 9.97 Å². The zero-order valence-electron chi connectivity index (χ0n) is 21.7. The Labute approximate surface area is 226 Å². The van der Waals surface area contributed by atoms with Gasteiger partial charge in [-0.15, -0.1) is 0 Å². The molecule has 6 heterocycles. The maximum Gasteiger partial charge on any atom is 0.287 e. The predicted molar refractivity (Wildman–Crippen MR) is 156 cm³/mol. The monoisotopic (exact) mass is 516 g/mol. The largest absolute Gasteiger partial charge is 0.287 e. The van der Waals surface area contributed by atoms with E-state index >= 15 is 0 Å². The molecule has 0 radical (unpaired) electrons. The van der Waals surface area contributed by atoms with Gasteiger partial charge in [0.2, 0.25) is 0 Å². The molecule has 3 aromatic carbocycles. The van der Waals surface area contributed by atoms with E-state index in [2.05, 4.69) is 69.9 Å². The fourth-order valence-electron chi connectivity index (χ4n) is 6.12. The third kappa shape index (κ3) is 2.74. The van der Waals surface area contributed by atoms with Crippen molar-refractivity contribution in [2.24, 2.45) is 14.1 Å². The summed E-state index contributed by atoms with van der Waals surface area (Å²) in [6.45, 7) is 0. The Bertz CT molecular complexity index is 2400. The Morgan fingerprint density at radius 2 is 0.825 bits per heavy atom. The molecule has 40 heavy (non-hydrogen) atoms. The first kappa shape index (κ1) is 21.4. The Morgan fingerprint density at radius 3 is 1.25 bits per heavy atom. The van der Waals surface area contributed by atoms with Crippen molar-refractivity contribution < 1.29 is 9.13 Å².